The number of rotatable bonds is 5. The maximum atomic E-state index is 12.9. The van der Waals surface area contributed by atoms with Crippen LogP contribution in [0.4, 0.5) is 0 Å². The number of nitrogens with zero attached hydrogens (tertiary/aromatic N) is 2. The minimum absolute atomic E-state index is 0.166. The highest BCUT2D eigenvalue weighted by Crippen LogP contribution is 2.16. The van der Waals surface area contributed by atoms with Crippen LogP contribution in [0.2, 0.25) is 0 Å². The van der Waals surface area contributed by atoms with Gasteiger partial charge in [-0.3, -0.25) is 14.2 Å². The summed E-state index contributed by atoms with van der Waals surface area (Å²) >= 11 is 0. The molecule has 0 radical (unpaired) electrons. The van der Waals surface area contributed by atoms with Crippen LogP contribution >= 0.6 is 0 Å². The molecular weight excluding hydrogens is 330 g/mol. The minimum Gasteiger partial charge on any atom is -0.481 e. The van der Waals surface area contributed by atoms with Crippen molar-refractivity contribution in [3.8, 4) is 11.6 Å². The van der Waals surface area contributed by atoms with Crippen molar-refractivity contribution in [2.45, 2.75) is 32.6 Å². The minimum atomic E-state index is -0.355. The quantitative estimate of drug-likeness (QED) is 0.839. The van der Waals surface area contributed by atoms with Gasteiger partial charge < -0.3 is 10.1 Å². The molecule has 136 valence electrons. The van der Waals surface area contributed by atoms with Crippen LogP contribution in [0, 0.1) is 6.92 Å². The molecule has 0 atom stereocenters. The van der Waals surface area contributed by atoms with E-state index in [0.717, 1.165) is 19.3 Å². The Bertz CT molecular complexity index is 882. The molecule has 1 aliphatic carbocycles. The molecule has 2 aromatic rings. The summed E-state index contributed by atoms with van der Waals surface area (Å²) in [4.78, 5) is 29.6. The van der Waals surface area contributed by atoms with E-state index in [0.29, 0.717) is 23.7 Å². The average molecular weight is 353 g/mol. The molecule has 2 aromatic heterocycles. The Morgan fingerprint density at radius 1 is 1.31 bits per heavy atom. The number of aryl methyl sites for hydroxylation is 1. The molecule has 1 N–H and O–H groups in total. The van der Waals surface area contributed by atoms with Gasteiger partial charge in [0.15, 0.2) is 0 Å². The molecule has 1 amide bonds. The van der Waals surface area contributed by atoms with Gasteiger partial charge in [0.1, 0.15) is 5.56 Å². The summed E-state index contributed by atoms with van der Waals surface area (Å²) in [6.07, 6.45) is 9.82. The summed E-state index contributed by atoms with van der Waals surface area (Å²) < 4.78 is 6.46. The van der Waals surface area contributed by atoms with Crippen LogP contribution < -0.4 is 15.6 Å². The molecule has 2 heterocycles. The third kappa shape index (κ3) is 3.85. The van der Waals surface area contributed by atoms with Gasteiger partial charge in [-0.05, 0) is 50.3 Å². The SMILES string of the molecule is COc1ccc(-n2ccc(C)c(C(=O)NCC3=CCCCC3)c2=O)cn1. The number of pyridine rings is 2. The first-order valence-electron chi connectivity index (χ1n) is 8.79. The predicted molar refractivity (Wildman–Crippen MR) is 100 cm³/mol. The highest BCUT2D eigenvalue weighted by atomic mass is 16.5. The number of nitrogens with one attached hydrogen (secondary N) is 1. The first-order valence-corrected chi connectivity index (χ1v) is 8.79. The molecule has 6 heteroatoms. The molecule has 0 aliphatic heterocycles. The van der Waals surface area contributed by atoms with E-state index >= 15 is 0 Å². The first kappa shape index (κ1) is 17.9. The molecular formula is C20H23N3O3. The zero-order chi connectivity index (χ0) is 18.5. The molecule has 0 unspecified atom stereocenters. The molecule has 26 heavy (non-hydrogen) atoms. The van der Waals surface area contributed by atoms with Crippen molar-refractivity contribution in [3.63, 3.8) is 0 Å². The van der Waals surface area contributed by atoms with Gasteiger partial charge >= 0.3 is 0 Å². The molecule has 1 aliphatic rings. The summed E-state index contributed by atoms with van der Waals surface area (Å²) in [5.74, 6) is 0.127. The van der Waals surface area contributed by atoms with Gasteiger partial charge in [0.25, 0.3) is 11.5 Å². The van der Waals surface area contributed by atoms with Crippen LogP contribution in [-0.4, -0.2) is 29.1 Å². The van der Waals surface area contributed by atoms with Gasteiger partial charge in [-0.2, -0.15) is 0 Å². The van der Waals surface area contributed by atoms with E-state index in [4.69, 9.17) is 4.74 Å². The number of carbonyl (C=O) groups excluding carboxylic acids is 1. The number of hydrogen-bond donors (Lipinski definition) is 1. The van der Waals surface area contributed by atoms with E-state index in [1.165, 1.54) is 23.7 Å². The van der Waals surface area contributed by atoms with Crippen molar-refractivity contribution >= 4 is 5.91 Å². The van der Waals surface area contributed by atoms with Crippen molar-refractivity contribution in [2.75, 3.05) is 13.7 Å². The Morgan fingerprint density at radius 2 is 2.15 bits per heavy atom. The summed E-state index contributed by atoms with van der Waals surface area (Å²) in [6.45, 7) is 2.27. The third-order valence-corrected chi connectivity index (χ3v) is 4.60. The molecule has 3 rings (SSSR count). The number of amides is 1. The van der Waals surface area contributed by atoms with E-state index in [2.05, 4.69) is 16.4 Å². The molecule has 0 saturated carbocycles. The van der Waals surface area contributed by atoms with E-state index in [1.807, 2.05) is 0 Å². The number of aromatic nitrogens is 2. The number of carbonyl (C=O) groups is 1. The van der Waals surface area contributed by atoms with Gasteiger partial charge in [0, 0.05) is 18.8 Å². The summed E-state index contributed by atoms with van der Waals surface area (Å²) in [7, 11) is 1.53. The molecule has 0 fully saturated rings. The Balaban J connectivity index is 1.85. The van der Waals surface area contributed by atoms with Gasteiger partial charge in [-0.1, -0.05) is 11.6 Å². The van der Waals surface area contributed by atoms with Gasteiger partial charge in [0.2, 0.25) is 5.88 Å². The van der Waals surface area contributed by atoms with E-state index in [-0.39, 0.29) is 17.0 Å². The lowest BCUT2D eigenvalue weighted by atomic mass is 9.99. The lowest BCUT2D eigenvalue weighted by molar-refractivity contribution is 0.0954. The summed E-state index contributed by atoms with van der Waals surface area (Å²) in [5.41, 5.74) is 2.28. The fourth-order valence-electron chi connectivity index (χ4n) is 3.09. The Labute approximate surface area is 152 Å². The zero-order valence-electron chi connectivity index (χ0n) is 15.1. The number of ether oxygens (including phenoxy) is 1. The summed E-state index contributed by atoms with van der Waals surface area (Å²) in [6, 6.07) is 5.18. The standard InChI is InChI=1S/C20H23N3O3/c1-14-10-11-23(16-8-9-17(26-2)21-13-16)20(25)18(14)19(24)22-12-15-6-4-3-5-7-15/h6,8-11,13H,3-5,7,12H2,1-2H3,(H,22,24). The highest BCUT2D eigenvalue weighted by molar-refractivity contribution is 5.95. The second-order valence-electron chi connectivity index (χ2n) is 6.40. The highest BCUT2D eigenvalue weighted by Gasteiger charge is 2.17. The van der Waals surface area contributed by atoms with Crippen LogP contribution in [-0.2, 0) is 0 Å². The van der Waals surface area contributed by atoms with E-state index in [9.17, 15) is 9.59 Å². The van der Waals surface area contributed by atoms with Crippen molar-refractivity contribution in [1.82, 2.24) is 14.9 Å². The number of methoxy groups -OCH3 is 1. The summed E-state index contributed by atoms with van der Waals surface area (Å²) in [5, 5.41) is 2.89. The maximum absolute atomic E-state index is 12.9. The number of allylic oxidation sites excluding steroid dienone is 1. The predicted octanol–water partition coefficient (Wildman–Crippen LogP) is 2.78. The van der Waals surface area contributed by atoms with Crippen LogP contribution in [0.15, 0.2) is 47.0 Å². The average Bonchev–Trinajstić information content (AvgIpc) is 2.67. The molecule has 0 spiro atoms. The zero-order valence-corrected chi connectivity index (χ0v) is 15.1. The lowest BCUT2D eigenvalue weighted by Crippen LogP contribution is -2.34. The van der Waals surface area contributed by atoms with Crippen LogP contribution in [0.3, 0.4) is 0 Å². The lowest BCUT2D eigenvalue weighted by Gasteiger charge is -2.14. The van der Waals surface area contributed by atoms with Crippen molar-refractivity contribution < 1.29 is 9.53 Å². The van der Waals surface area contributed by atoms with Crippen molar-refractivity contribution in [2.24, 2.45) is 0 Å². The molecule has 0 aromatic carbocycles. The topological polar surface area (TPSA) is 73.2 Å². The van der Waals surface area contributed by atoms with E-state index < -0.39 is 0 Å². The number of hydrogen-bond acceptors (Lipinski definition) is 4. The maximum Gasteiger partial charge on any atom is 0.268 e. The second-order valence-corrected chi connectivity index (χ2v) is 6.40. The van der Waals surface area contributed by atoms with E-state index in [1.54, 1.807) is 37.5 Å². The fourth-order valence-corrected chi connectivity index (χ4v) is 3.09. The monoisotopic (exact) mass is 353 g/mol. The van der Waals surface area contributed by atoms with Gasteiger partial charge in [-0.15, -0.1) is 0 Å². The van der Waals surface area contributed by atoms with Crippen molar-refractivity contribution in [3.05, 3.63) is 63.7 Å². The van der Waals surface area contributed by atoms with Gasteiger partial charge in [0.05, 0.1) is 19.0 Å². The van der Waals surface area contributed by atoms with Crippen LogP contribution in [0.1, 0.15) is 41.6 Å². The van der Waals surface area contributed by atoms with Crippen LogP contribution in [0.25, 0.3) is 5.69 Å². The fraction of sp³-hybridized carbons (Fsp3) is 0.350. The first-order chi connectivity index (χ1) is 12.6. The molecule has 0 bridgehead atoms. The normalized spacial score (nSPS) is 13.8. The Hall–Kier alpha value is -2.89. The second kappa shape index (κ2) is 7.99. The smallest absolute Gasteiger partial charge is 0.268 e. The molecule has 0 saturated heterocycles. The Kier molecular flexibility index (Phi) is 5.51. The van der Waals surface area contributed by atoms with Gasteiger partial charge in [-0.25, -0.2) is 4.98 Å². The van der Waals surface area contributed by atoms with Crippen LogP contribution in [0.5, 0.6) is 5.88 Å². The largest absolute Gasteiger partial charge is 0.481 e. The Morgan fingerprint density at radius 3 is 2.81 bits per heavy atom. The van der Waals surface area contributed by atoms with Crippen molar-refractivity contribution in [1.29, 1.82) is 0 Å². The third-order valence-electron chi connectivity index (χ3n) is 4.60. The molecule has 6 nitrogen and oxygen atoms in total.